The van der Waals surface area contributed by atoms with Crippen molar-refractivity contribution in [3.63, 3.8) is 0 Å². The Bertz CT molecular complexity index is 939. The summed E-state index contributed by atoms with van der Waals surface area (Å²) in [4.78, 5) is 28.5. The Morgan fingerprint density at radius 2 is 1.80 bits per heavy atom. The predicted octanol–water partition coefficient (Wildman–Crippen LogP) is 2.88. The van der Waals surface area contributed by atoms with E-state index < -0.39 is 0 Å². The van der Waals surface area contributed by atoms with Gasteiger partial charge >= 0.3 is 0 Å². The van der Waals surface area contributed by atoms with Crippen LogP contribution in [0.4, 0.5) is 0 Å². The van der Waals surface area contributed by atoms with E-state index in [0.29, 0.717) is 17.3 Å². The summed E-state index contributed by atoms with van der Waals surface area (Å²) >= 11 is 6.05. The molecule has 0 saturated heterocycles. The minimum Gasteiger partial charge on any atom is -0.350 e. The first-order chi connectivity index (χ1) is 12.1. The van der Waals surface area contributed by atoms with Gasteiger partial charge in [-0.1, -0.05) is 60.1 Å². The SMILES string of the molecule is O=C(Cn1cnc(-c2ccccc2)cc1=O)NCc1ccccc1Cl. The second-order valence-electron chi connectivity index (χ2n) is 5.47. The van der Waals surface area contributed by atoms with Gasteiger partial charge in [-0.3, -0.25) is 14.2 Å². The number of rotatable bonds is 5. The lowest BCUT2D eigenvalue weighted by atomic mass is 10.1. The minimum atomic E-state index is -0.281. The Hall–Kier alpha value is -2.92. The molecule has 1 N–H and O–H groups in total. The van der Waals surface area contributed by atoms with E-state index >= 15 is 0 Å². The third-order valence-corrected chi connectivity index (χ3v) is 4.07. The first kappa shape index (κ1) is 16.9. The lowest BCUT2D eigenvalue weighted by Gasteiger charge is -2.09. The molecule has 3 rings (SSSR count). The standard InChI is InChI=1S/C19H16ClN3O2/c20-16-9-5-4-8-15(16)11-21-18(24)12-23-13-22-17(10-19(23)25)14-6-2-1-3-7-14/h1-10,13H,11-12H2,(H,21,24). The molecule has 0 atom stereocenters. The lowest BCUT2D eigenvalue weighted by Crippen LogP contribution is -2.32. The van der Waals surface area contributed by atoms with E-state index in [0.717, 1.165) is 11.1 Å². The van der Waals surface area contributed by atoms with Gasteiger partial charge in [0, 0.05) is 23.2 Å². The molecule has 0 bridgehead atoms. The first-order valence-electron chi connectivity index (χ1n) is 7.75. The average molecular weight is 354 g/mol. The van der Waals surface area contributed by atoms with Gasteiger partial charge in [-0.25, -0.2) is 4.98 Å². The fourth-order valence-electron chi connectivity index (χ4n) is 2.36. The molecule has 3 aromatic rings. The topological polar surface area (TPSA) is 64.0 Å². The number of aromatic nitrogens is 2. The molecule has 6 heteroatoms. The Kier molecular flexibility index (Phi) is 5.26. The van der Waals surface area contributed by atoms with Gasteiger partial charge in [0.1, 0.15) is 6.54 Å². The van der Waals surface area contributed by atoms with E-state index in [4.69, 9.17) is 11.6 Å². The van der Waals surface area contributed by atoms with Crippen molar-refractivity contribution in [2.75, 3.05) is 0 Å². The van der Waals surface area contributed by atoms with E-state index in [1.165, 1.54) is 17.0 Å². The third-order valence-electron chi connectivity index (χ3n) is 3.70. The van der Waals surface area contributed by atoms with Crippen LogP contribution in [0, 0.1) is 0 Å². The maximum Gasteiger partial charge on any atom is 0.254 e. The highest BCUT2D eigenvalue weighted by molar-refractivity contribution is 6.31. The summed E-state index contributed by atoms with van der Waals surface area (Å²) in [6, 6.07) is 18.1. The van der Waals surface area contributed by atoms with Crippen LogP contribution in [-0.2, 0) is 17.9 Å². The Morgan fingerprint density at radius 3 is 2.52 bits per heavy atom. The number of halogens is 1. The van der Waals surface area contributed by atoms with Gasteiger partial charge in [-0.15, -0.1) is 0 Å². The van der Waals surface area contributed by atoms with Crippen molar-refractivity contribution in [1.82, 2.24) is 14.9 Å². The van der Waals surface area contributed by atoms with Crippen LogP contribution < -0.4 is 10.9 Å². The van der Waals surface area contributed by atoms with Crippen LogP contribution in [0.2, 0.25) is 5.02 Å². The fourth-order valence-corrected chi connectivity index (χ4v) is 2.56. The second kappa shape index (κ2) is 7.77. The van der Waals surface area contributed by atoms with Gasteiger partial charge in [-0.05, 0) is 11.6 Å². The molecule has 1 aromatic heterocycles. The van der Waals surface area contributed by atoms with Gasteiger partial charge in [0.2, 0.25) is 5.91 Å². The van der Waals surface area contributed by atoms with E-state index in [-0.39, 0.29) is 18.0 Å². The summed E-state index contributed by atoms with van der Waals surface area (Å²) in [6.45, 7) is 0.216. The number of hydrogen-bond donors (Lipinski definition) is 1. The van der Waals surface area contributed by atoms with Crippen molar-refractivity contribution in [3.8, 4) is 11.3 Å². The lowest BCUT2D eigenvalue weighted by molar-refractivity contribution is -0.121. The molecule has 0 saturated carbocycles. The Labute approximate surface area is 149 Å². The minimum absolute atomic E-state index is 0.0919. The summed E-state index contributed by atoms with van der Waals surface area (Å²) in [7, 11) is 0. The highest BCUT2D eigenvalue weighted by Crippen LogP contribution is 2.14. The number of amides is 1. The van der Waals surface area contributed by atoms with E-state index in [1.807, 2.05) is 48.5 Å². The van der Waals surface area contributed by atoms with Crippen LogP contribution in [0.3, 0.4) is 0 Å². The molecular weight excluding hydrogens is 338 g/mol. The summed E-state index contributed by atoms with van der Waals surface area (Å²) in [5.41, 5.74) is 1.98. The average Bonchev–Trinajstić information content (AvgIpc) is 2.63. The zero-order valence-electron chi connectivity index (χ0n) is 13.4. The largest absolute Gasteiger partial charge is 0.350 e. The van der Waals surface area contributed by atoms with Crippen molar-refractivity contribution in [2.24, 2.45) is 0 Å². The molecule has 1 heterocycles. The zero-order valence-corrected chi connectivity index (χ0v) is 14.1. The number of nitrogens with zero attached hydrogens (tertiary/aromatic N) is 2. The van der Waals surface area contributed by atoms with Crippen LogP contribution in [-0.4, -0.2) is 15.5 Å². The molecule has 0 radical (unpaired) electrons. The maximum atomic E-state index is 12.2. The molecule has 5 nitrogen and oxygen atoms in total. The molecular formula is C19H16ClN3O2. The normalized spacial score (nSPS) is 10.4. The number of hydrogen-bond acceptors (Lipinski definition) is 3. The van der Waals surface area contributed by atoms with Crippen molar-refractivity contribution in [3.05, 3.63) is 87.9 Å². The van der Waals surface area contributed by atoms with E-state index in [1.54, 1.807) is 6.07 Å². The van der Waals surface area contributed by atoms with Crippen molar-refractivity contribution in [2.45, 2.75) is 13.1 Å². The second-order valence-corrected chi connectivity index (χ2v) is 5.88. The van der Waals surface area contributed by atoms with Gasteiger partial charge in [0.25, 0.3) is 5.56 Å². The number of nitrogens with one attached hydrogen (secondary N) is 1. The number of carbonyl (C=O) groups excluding carboxylic acids is 1. The number of benzene rings is 2. The molecule has 0 unspecified atom stereocenters. The number of carbonyl (C=O) groups is 1. The molecule has 0 spiro atoms. The molecule has 126 valence electrons. The van der Waals surface area contributed by atoms with Crippen molar-refractivity contribution < 1.29 is 4.79 Å². The molecule has 0 fully saturated rings. The van der Waals surface area contributed by atoms with E-state index in [9.17, 15) is 9.59 Å². The van der Waals surface area contributed by atoms with Crippen LogP contribution in [0.1, 0.15) is 5.56 Å². The van der Waals surface area contributed by atoms with Crippen LogP contribution in [0.15, 0.2) is 71.8 Å². The summed E-state index contributed by atoms with van der Waals surface area (Å²) < 4.78 is 1.27. The Balaban J connectivity index is 1.66. The first-order valence-corrected chi connectivity index (χ1v) is 8.13. The molecule has 0 aliphatic rings. The molecule has 25 heavy (non-hydrogen) atoms. The van der Waals surface area contributed by atoms with E-state index in [2.05, 4.69) is 10.3 Å². The van der Waals surface area contributed by atoms with Crippen molar-refractivity contribution in [1.29, 1.82) is 0 Å². The van der Waals surface area contributed by atoms with Crippen LogP contribution in [0.5, 0.6) is 0 Å². The van der Waals surface area contributed by atoms with Crippen molar-refractivity contribution >= 4 is 17.5 Å². The zero-order chi connectivity index (χ0) is 17.6. The molecule has 0 aliphatic carbocycles. The predicted molar refractivity (Wildman–Crippen MR) is 97.2 cm³/mol. The Morgan fingerprint density at radius 1 is 1.08 bits per heavy atom. The third kappa shape index (κ3) is 4.33. The molecule has 2 aromatic carbocycles. The van der Waals surface area contributed by atoms with Gasteiger partial charge in [-0.2, -0.15) is 0 Å². The summed E-state index contributed by atoms with van der Waals surface area (Å²) in [5, 5.41) is 3.34. The van der Waals surface area contributed by atoms with Gasteiger partial charge < -0.3 is 5.32 Å². The summed E-state index contributed by atoms with van der Waals surface area (Å²) in [6.07, 6.45) is 1.39. The van der Waals surface area contributed by atoms with Crippen LogP contribution in [0.25, 0.3) is 11.3 Å². The molecule has 0 aliphatic heterocycles. The highest BCUT2D eigenvalue weighted by atomic mass is 35.5. The maximum absolute atomic E-state index is 12.2. The smallest absolute Gasteiger partial charge is 0.254 e. The van der Waals surface area contributed by atoms with Crippen LogP contribution >= 0.6 is 11.6 Å². The summed E-state index contributed by atoms with van der Waals surface area (Å²) in [5.74, 6) is -0.281. The van der Waals surface area contributed by atoms with Gasteiger partial charge in [0.15, 0.2) is 0 Å². The highest BCUT2D eigenvalue weighted by Gasteiger charge is 2.08. The van der Waals surface area contributed by atoms with Gasteiger partial charge in [0.05, 0.1) is 12.0 Å². The fraction of sp³-hybridized carbons (Fsp3) is 0.105. The quantitative estimate of drug-likeness (QED) is 0.767. The monoisotopic (exact) mass is 353 g/mol. The molecule has 1 amide bonds.